The van der Waals surface area contributed by atoms with E-state index in [-0.39, 0.29) is 5.91 Å². The highest BCUT2D eigenvalue weighted by atomic mass is 35.5. The molecule has 2 N–H and O–H groups in total. The second kappa shape index (κ2) is 8.34. The molecule has 136 valence electrons. The van der Waals surface area contributed by atoms with E-state index in [9.17, 15) is 4.79 Å². The average Bonchev–Trinajstić information content (AvgIpc) is 3.05. The van der Waals surface area contributed by atoms with Crippen LogP contribution in [0.15, 0.2) is 43.6 Å². The van der Waals surface area contributed by atoms with Gasteiger partial charge in [-0.1, -0.05) is 36.7 Å². The van der Waals surface area contributed by atoms with Gasteiger partial charge in [-0.3, -0.25) is 4.79 Å². The maximum absolute atomic E-state index is 12.6. The first-order chi connectivity index (χ1) is 12.1. The van der Waals surface area contributed by atoms with Gasteiger partial charge in [-0.05, 0) is 12.5 Å². The second-order valence-electron chi connectivity index (χ2n) is 6.06. The van der Waals surface area contributed by atoms with E-state index in [1.807, 2.05) is 0 Å². The Hall–Kier alpha value is -1.37. The minimum absolute atomic E-state index is 0.148. The molecule has 0 radical (unpaired) electrons. The van der Waals surface area contributed by atoms with Crippen LogP contribution in [0.25, 0.3) is 0 Å². The fraction of sp³-hybridized carbons (Fsp3) is 0.500. The summed E-state index contributed by atoms with van der Waals surface area (Å²) in [6, 6.07) is 0. The Morgan fingerprint density at radius 2 is 2.36 bits per heavy atom. The van der Waals surface area contributed by atoms with Gasteiger partial charge in [0, 0.05) is 40.6 Å². The number of rotatable bonds is 5. The first-order valence-corrected chi connectivity index (χ1v) is 9.74. The Balaban J connectivity index is 1.88. The summed E-state index contributed by atoms with van der Waals surface area (Å²) < 4.78 is 11.1. The van der Waals surface area contributed by atoms with Gasteiger partial charge in [0.25, 0.3) is 5.91 Å². The van der Waals surface area contributed by atoms with E-state index in [1.165, 1.54) is 10.6 Å². The lowest BCUT2D eigenvalue weighted by Crippen LogP contribution is -2.28. The number of methoxy groups -OCH3 is 1. The number of thioether (sulfide) groups is 1. The van der Waals surface area contributed by atoms with Crippen LogP contribution < -0.4 is 10.6 Å². The standard InChI is InChI=1S/C18H23ClN2O3S/c1-3-4-6-20-17(22)12-8-11(19)9-13(16(12)23-2)18-21-14-5-7-24-10-15(14)25-18/h8,21H,3-7,9-10H2,1-2H3,(H,20,22)/b18-13-. The summed E-state index contributed by atoms with van der Waals surface area (Å²) in [5, 5.41) is 8.02. The lowest BCUT2D eigenvalue weighted by molar-refractivity contribution is -0.117. The van der Waals surface area contributed by atoms with Crippen LogP contribution in [-0.4, -0.2) is 32.8 Å². The Morgan fingerprint density at radius 1 is 1.52 bits per heavy atom. The normalized spacial score (nSPS) is 23.2. The highest BCUT2D eigenvalue weighted by Gasteiger charge is 2.30. The summed E-state index contributed by atoms with van der Waals surface area (Å²) in [6.07, 6.45) is 5.11. The van der Waals surface area contributed by atoms with Crippen molar-refractivity contribution in [2.45, 2.75) is 32.6 Å². The van der Waals surface area contributed by atoms with E-state index >= 15 is 0 Å². The Bertz CT molecular complexity index is 674. The van der Waals surface area contributed by atoms with Gasteiger partial charge in [-0.25, -0.2) is 0 Å². The fourth-order valence-electron chi connectivity index (χ4n) is 2.96. The highest BCUT2D eigenvalue weighted by Crippen LogP contribution is 2.43. The third-order valence-corrected chi connectivity index (χ3v) is 5.67. The van der Waals surface area contributed by atoms with Crippen molar-refractivity contribution in [2.75, 3.05) is 26.9 Å². The maximum Gasteiger partial charge on any atom is 0.255 e. The molecular formula is C18H23ClN2O3S. The predicted octanol–water partition coefficient (Wildman–Crippen LogP) is 3.51. The van der Waals surface area contributed by atoms with E-state index in [2.05, 4.69) is 17.6 Å². The molecule has 0 unspecified atom stereocenters. The maximum atomic E-state index is 12.6. The summed E-state index contributed by atoms with van der Waals surface area (Å²) in [5.74, 6) is 0.444. The van der Waals surface area contributed by atoms with Gasteiger partial charge in [0.2, 0.25) is 0 Å². The van der Waals surface area contributed by atoms with Crippen LogP contribution in [0.2, 0.25) is 0 Å². The van der Waals surface area contributed by atoms with E-state index in [0.29, 0.717) is 35.9 Å². The number of carbonyl (C=O) groups excluding carboxylic acids is 1. The molecule has 0 spiro atoms. The van der Waals surface area contributed by atoms with Crippen molar-refractivity contribution < 1.29 is 14.3 Å². The van der Waals surface area contributed by atoms with Gasteiger partial charge < -0.3 is 20.1 Å². The van der Waals surface area contributed by atoms with Gasteiger partial charge in [-0.2, -0.15) is 0 Å². The number of allylic oxidation sites excluding steroid dienone is 2. The van der Waals surface area contributed by atoms with Crippen LogP contribution in [0.3, 0.4) is 0 Å². The minimum atomic E-state index is -0.148. The minimum Gasteiger partial charge on any atom is -0.496 e. The van der Waals surface area contributed by atoms with E-state index in [4.69, 9.17) is 21.1 Å². The van der Waals surface area contributed by atoms with Crippen LogP contribution in [-0.2, 0) is 14.3 Å². The molecule has 0 aromatic heterocycles. The number of unbranched alkanes of at least 4 members (excludes halogenated alkanes) is 1. The Labute approximate surface area is 157 Å². The summed E-state index contributed by atoms with van der Waals surface area (Å²) in [6.45, 7) is 4.10. The summed E-state index contributed by atoms with van der Waals surface area (Å²) in [4.78, 5) is 13.8. The number of ether oxygens (including phenoxy) is 2. The second-order valence-corrected chi connectivity index (χ2v) is 7.65. The number of carbonyl (C=O) groups is 1. The molecule has 0 fully saturated rings. The van der Waals surface area contributed by atoms with E-state index in [0.717, 1.165) is 36.5 Å². The van der Waals surface area contributed by atoms with Crippen molar-refractivity contribution in [3.8, 4) is 0 Å². The highest BCUT2D eigenvalue weighted by molar-refractivity contribution is 8.07. The molecular weight excluding hydrogens is 360 g/mol. The molecule has 1 amide bonds. The number of hydrogen-bond acceptors (Lipinski definition) is 5. The first-order valence-electron chi connectivity index (χ1n) is 8.54. The lowest BCUT2D eigenvalue weighted by Gasteiger charge is -2.21. The number of halogens is 1. The molecule has 0 atom stereocenters. The summed E-state index contributed by atoms with van der Waals surface area (Å²) >= 11 is 8.00. The van der Waals surface area contributed by atoms with Gasteiger partial charge in [0.05, 0.1) is 30.9 Å². The topological polar surface area (TPSA) is 59.6 Å². The molecule has 0 bridgehead atoms. The monoisotopic (exact) mass is 382 g/mol. The molecule has 3 aliphatic rings. The van der Waals surface area contributed by atoms with Crippen LogP contribution in [0.5, 0.6) is 0 Å². The van der Waals surface area contributed by atoms with Crippen molar-refractivity contribution in [3.05, 3.63) is 43.6 Å². The Morgan fingerprint density at radius 3 is 3.08 bits per heavy atom. The summed E-state index contributed by atoms with van der Waals surface area (Å²) in [5.41, 5.74) is 2.62. The smallest absolute Gasteiger partial charge is 0.255 e. The molecule has 5 nitrogen and oxygen atoms in total. The third kappa shape index (κ3) is 4.07. The zero-order chi connectivity index (χ0) is 17.8. The largest absolute Gasteiger partial charge is 0.496 e. The zero-order valence-electron chi connectivity index (χ0n) is 14.5. The molecule has 25 heavy (non-hydrogen) atoms. The van der Waals surface area contributed by atoms with E-state index < -0.39 is 0 Å². The predicted molar refractivity (Wildman–Crippen MR) is 101 cm³/mol. The number of nitrogens with one attached hydrogen (secondary N) is 2. The molecule has 2 aliphatic heterocycles. The van der Waals surface area contributed by atoms with Crippen LogP contribution in [0, 0.1) is 0 Å². The van der Waals surface area contributed by atoms with Gasteiger partial charge >= 0.3 is 0 Å². The van der Waals surface area contributed by atoms with Crippen molar-refractivity contribution in [2.24, 2.45) is 0 Å². The average molecular weight is 383 g/mol. The van der Waals surface area contributed by atoms with Crippen LogP contribution in [0.4, 0.5) is 0 Å². The quantitative estimate of drug-likeness (QED) is 0.712. The molecule has 0 aromatic carbocycles. The molecule has 2 heterocycles. The van der Waals surface area contributed by atoms with Gasteiger partial charge in [-0.15, -0.1) is 0 Å². The van der Waals surface area contributed by atoms with Crippen molar-refractivity contribution >= 4 is 29.3 Å². The van der Waals surface area contributed by atoms with Crippen LogP contribution >= 0.6 is 23.4 Å². The molecule has 1 aliphatic carbocycles. The van der Waals surface area contributed by atoms with E-state index in [1.54, 1.807) is 24.9 Å². The zero-order valence-corrected chi connectivity index (χ0v) is 16.1. The SMILES string of the molecule is CCCCNC(=O)C1=C(OC)/C(=C2/NC3=C(COCC3)S2)CC(Cl)=C1. The van der Waals surface area contributed by atoms with Crippen molar-refractivity contribution in [1.82, 2.24) is 10.6 Å². The Kier molecular flexibility index (Phi) is 6.15. The first kappa shape index (κ1) is 18.4. The third-order valence-electron chi connectivity index (χ3n) is 4.26. The van der Waals surface area contributed by atoms with Gasteiger partial charge in [0.15, 0.2) is 0 Å². The van der Waals surface area contributed by atoms with Crippen molar-refractivity contribution in [1.29, 1.82) is 0 Å². The molecule has 3 rings (SSSR count). The van der Waals surface area contributed by atoms with Crippen molar-refractivity contribution in [3.63, 3.8) is 0 Å². The molecule has 0 saturated carbocycles. The van der Waals surface area contributed by atoms with Crippen LogP contribution in [0.1, 0.15) is 32.6 Å². The summed E-state index contributed by atoms with van der Waals surface area (Å²) in [7, 11) is 1.60. The van der Waals surface area contributed by atoms with Gasteiger partial charge in [0.1, 0.15) is 5.76 Å². The molecule has 0 saturated heterocycles. The molecule has 0 aromatic rings. The number of hydrogen-bond donors (Lipinski definition) is 2. The lowest BCUT2D eigenvalue weighted by atomic mass is 9.99. The number of amides is 1. The molecule has 7 heteroatoms. The fourth-order valence-corrected chi connectivity index (χ4v) is 4.33.